The van der Waals surface area contributed by atoms with E-state index in [1.54, 1.807) is 0 Å². The minimum atomic E-state index is -0.593. The fourth-order valence-corrected chi connectivity index (χ4v) is 1.93. The third-order valence-corrected chi connectivity index (χ3v) is 3.15. The van der Waals surface area contributed by atoms with E-state index in [0.717, 1.165) is 0 Å². The molecule has 7 nitrogen and oxygen atoms in total. The Bertz CT molecular complexity index is 395. The highest BCUT2D eigenvalue weighted by Crippen LogP contribution is 2.29. The maximum Gasteiger partial charge on any atom is 0.225 e. The SMILES string of the molecule is CC(C)C1(O)CN(Cc2nc(N)nc(N)n2)C1. The van der Waals surface area contributed by atoms with Crippen LogP contribution in [0.3, 0.4) is 0 Å². The topological polar surface area (TPSA) is 114 Å². The Morgan fingerprint density at radius 1 is 1.24 bits per heavy atom. The zero-order valence-electron chi connectivity index (χ0n) is 10.1. The smallest absolute Gasteiger partial charge is 0.225 e. The summed E-state index contributed by atoms with van der Waals surface area (Å²) in [5.41, 5.74) is 10.4. The van der Waals surface area contributed by atoms with Gasteiger partial charge in [-0.05, 0) is 5.92 Å². The van der Waals surface area contributed by atoms with E-state index in [1.807, 2.05) is 18.7 Å². The van der Waals surface area contributed by atoms with Gasteiger partial charge >= 0.3 is 0 Å². The van der Waals surface area contributed by atoms with Crippen LogP contribution in [0.2, 0.25) is 0 Å². The monoisotopic (exact) mass is 238 g/mol. The van der Waals surface area contributed by atoms with Gasteiger partial charge in [0.15, 0.2) is 0 Å². The van der Waals surface area contributed by atoms with Crippen molar-refractivity contribution >= 4 is 11.9 Å². The predicted octanol–water partition coefficient (Wildman–Crippen LogP) is -0.761. The third-order valence-electron chi connectivity index (χ3n) is 3.15. The molecular weight excluding hydrogens is 220 g/mol. The average Bonchev–Trinajstić information content (AvgIpc) is 2.12. The highest BCUT2D eigenvalue weighted by atomic mass is 16.3. The van der Waals surface area contributed by atoms with E-state index in [9.17, 15) is 5.11 Å². The molecule has 0 unspecified atom stereocenters. The Hall–Kier alpha value is -1.47. The third kappa shape index (κ3) is 2.45. The van der Waals surface area contributed by atoms with E-state index in [4.69, 9.17) is 11.5 Å². The molecule has 0 radical (unpaired) electrons. The number of likely N-dealkylation sites (tertiary alicyclic amines) is 1. The zero-order chi connectivity index (χ0) is 12.6. The van der Waals surface area contributed by atoms with Crippen LogP contribution in [0.5, 0.6) is 0 Å². The molecule has 0 amide bonds. The van der Waals surface area contributed by atoms with E-state index in [0.29, 0.717) is 25.5 Å². The van der Waals surface area contributed by atoms with E-state index in [2.05, 4.69) is 15.0 Å². The Balaban J connectivity index is 1.96. The molecule has 1 aromatic rings. The van der Waals surface area contributed by atoms with Crippen LogP contribution < -0.4 is 11.5 Å². The first-order valence-corrected chi connectivity index (χ1v) is 5.60. The van der Waals surface area contributed by atoms with Crippen LogP contribution in [0.15, 0.2) is 0 Å². The summed E-state index contributed by atoms with van der Waals surface area (Å²) in [7, 11) is 0. The van der Waals surface area contributed by atoms with Crippen molar-refractivity contribution in [2.24, 2.45) is 5.92 Å². The maximum atomic E-state index is 10.1. The molecule has 5 N–H and O–H groups in total. The van der Waals surface area contributed by atoms with Gasteiger partial charge in [-0.3, -0.25) is 4.90 Å². The first-order chi connectivity index (χ1) is 7.89. The zero-order valence-corrected chi connectivity index (χ0v) is 10.1. The summed E-state index contributed by atoms with van der Waals surface area (Å²) in [4.78, 5) is 13.8. The number of hydrogen-bond acceptors (Lipinski definition) is 7. The van der Waals surface area contributed by atoms with Crippen molar-refractivity contribution in [3.63, 3.8) is 0 Å². The van der Waals surface area contributed by atoms with Crippen molar-refractivity contribution in [3.05, 3.63) is 5.82 Å². The molecular formula is C10H18N6O. The second-order valence-electron chi connectivity index (χ2n) is 4.87. The number of aromatic nitrogens is 3. The summed E-state index contributed by atoms with van der Waals surface area (Å²) >= 11 is 0. The van der Waals surface area contributed by atoms with Gasteiger partial charge in [0.2, 0.25) is 11.9 Å². The van der Waals surface area contributed by atoms with Gasteiger partial charge in [0.1, 0.15) is 5.82 Å². The number of hydrogen-bond donors (Lipinski definition) is 3. The molecule has 17 heavy (non-hydrogen) atoms. The van der Waals surface area contributed by atoms with Crippen LogP contribution in [0.25, 0.3) is 0 Å². The predicted molar refractivity (Wildman–Crippen MR) is 63.7 cm³/mol. The Morgan fingerprint density at radius 2 is 1.76 bits per heavy atom. The first-order valence-electron chi connectivity index (χ1n) is 5.60. The normalized spacial score (nSPS) is 19.3. The van der Waals surface area contributed by atoms with Gasteiger partial charge in [-0.15, -0.1) is 0 Å². The van der Waals surface area contributed by atoms with Crippen molar-refractivity contribution in [2.75, 3.05) is 24.6 Å². The molecule has 0 bridgehead atoms. The molecule has 2 heterocycles. The summed E-state index contributed by atoms with van der Waals surface area (Å²) < 4.78 is 0. The fraction of sp³-hybridized carbons (Fsp3) is 0.700. The van der Waals surface area contributed by atoms with Crippen molar-refractivity contribution in [3.8, 4) is 0 Å². The summed E-state index contributed by atoms with van der Waals surface area (Å²) in [6.07, 6.45) is 0. The number of nitrogens with zero attached hydrogens (tertiary/aromatic N) is 4. The lowest BCUT2D eigenvalue weighted by atomic mass is 9.83. The molecule has 7 heteroatoms. The second kappa shape index (κ2) is 4.08. The van der Waals surface area contributed by atoms with Crippen molar-refractivity contribution in [1.29, 1.82) is 0 Å². The van der Waals surface area contributed by atoms with Gasteiger partial charge in [0, 0.05) is 13.1 Å². The fourth-order valence-electron chi connectivity index (χ4n) is 1.93. The van der Waals surface area contributed by atoms with Gasteiger partial charge < -0.3 is 16.6 Å². The van der Waals surface area contributed by atoms with E-state index in [-0.39, 0.29) is 17.8 Å². The number of aliphatic hydroxyl groups is 1. The summed E-state index contributed by atoms with van der Waals surface area (Å²) in [6, 6.07) is 0. The van der Waals surface area contributed by atoms with E-state index in [1.165, 1.54) is 0 Å². The lowest BCUT2D eigenvalue weighted by Crippen LogP contribution is -2.63. The van der Waals surface area contributed by atoms with Crippen LogP contribution in [-0.4, -0.2) is 43.6 Å². The molecule has 1 saturated heterocycles. The van der Waals surface area contributed by atoms with Crippen molar-refractivity contribution in [1.82, 2.24) is 19.9 Å². The molecule has 1 aliphatic rings. The first kappa shape index (κ1) is 12.0. The molecule has 0 aromatic carbocycles. The summed E-state index contributed by atoms with van der Waals surface area (Å²) in [6.45, 7) is 5.80. The maximum absolute atomic E-state index is 10.1. The Kier molecular flexibility index (Phi) is 2.88. The minimum Gasteiger partial charge on any atom is -0.387 e. The molecule has 0 atom stereocenters. The molecule has 1 aromatic heterocycles. The van der Waals surface area contributed by atoms with Gasteiger partial charge in [0.05, 0.1) is 12.1 Å². The van der Waals surface area contributed by atoms with Crippen molar-refractivity contribution in [2.45, 2.75) is 26.0 Å². The van der Waals surface area contributed by atoms with Crippen LogP contribution in [0, 0.1) is 5.92 Å². The largest absolute Gasteiger partial charge is 0.387 e. The second-order valence-corrected chi connectivity index (χ2v) is 4.87. The number of β-amino-alcohol motifs (C(OH)–C–C–N with tert-alkyl or cyclic N) is 1. The number of rotatable bonds is 3. The van der Waals surface area contributed by atoms with Gasteiger partial charge in [0.25, 0.3) is 0 Å². The molecule has 0 aliphatic carbocycles. The van der Waals surface area contributed by atoms with Crippen LogP contribution >= 0.6 is 0 Å². The van der Waals surface area contributed by atoms with Crippen molar-refractivity contribution < 1.29 is 5.11 Å². The van der Waals surface area contributed by atoms with Gasteiger partial charge in [-0.1, -0.05) is 13.8 Å². The van der Waals surface area contributed by atoms with E-state index >= 15 is 0 Å². The van der Waals surface area contributed by atoms with Gasteiger partial charge in [-0.25, -0.2) is 0 Å². The average molecular weight is 238 g/mol. The van der Waals surface area contributed by atoms with Crippen LogP contribution in [-0.2, 0) is 6.54 Å². The molecule has 94 valence electrons. The number of nitrogens with two attached hydrogens (primary N) is 2. The number of nitrogen functional groups attached to an aromatic ring is 2. The molecule has 0 saturated carbocycles. The lowest BCUT2D eigenvalue weighted by molar-refractivity contribution is -0.131. The quantitative estimate of drug-likeness (QED) is 0.634. The Morgan fingerprint density at radius 3 is 2.24 bits per heavy atom. The summed E-state index contributed by atoms with van der Waals surface area (Å²) in [5, 5.41) is 10.1. The highest BCUT2D eigenvalue weighted by Gasteiger charge is 2.43. The highest BCUT2D eigenvalue weighted by molar-refractivity contribution is 5.25. The molecule has 1 aliphatic heterocycles. The van der Waals surface area contributed by atoms with Crippen LogP contribution in [0.1, 0.15) is 19.7 Å². The summed E-state index contributed by atoms with van der Waals surface area (Å²) in [5.74, 6) is 1.05. The number of anilines is 2. The molecule has 0 spiro atoms. The minimum absolute atomic E-state index is 0.132. The molecule has 1 fully saturated rings. The standard InChI is InChI=1S/C10H18N6O/c1-6(2)10(17)4-16(5-10)3-7-13-8(11)15-9(12)14-7/h6,17H,3-5H2,1-2H3,(H4,11,12,13,14,15). The molecule has 2 rings (SSSR count). The van der Waals surface area contributed by atoms with E-state index < -0.39 is 5.60 Å². The van der Waals surface area contributed by atoms with Crippen LogP contribution in [0.4, 0.5) is 11.9 Å². The van der Waals surface area contributed by atoms with Gasteiger partial charge in [-0.2, -0.15) is 15.0 Å². The Labute approximate surface area is 99.9 Å². The lowest BCUT2D eigenvalue weighted by Gasteiger charge is -2.48.